The van der Waals surface area contributed by atoms with Crippen molar-refractivity contribution in [2.45, 2.75) is 18.0 Å². The Morgan fingerprint density at radius 2 is 2.21 bits per heavy atom. The van der Waals surface area contributed by atoms with Gasteiger partial charge in [-0.3, -0.25) is 0 Å². The molecule has 0 saturated heterocycles. The zero-order chi connectivity index (χ0) is 13.9. The standard InChI is InChI=1S/C11H12ClN3O3S/c12-11-2-1-10(3-8(11)6-16)19(17,18)15-5-9-4-13-7-14-9/h1-4,7,15-16H,5-6H2,(H,13,14). The first-order valence-electron chi connectivity index (χ1n) is 5.39. The molecule has 1 aromatic carbocycles. The number of imidazole rings is 1. The summed E-state index contributed by atoms with van der Waals surface area (Å²) in [7, 11) is -3.65. The molecule has 0 saturated carbocycles. The van der Waals surface area contributed by atoms with E-state index in [9.17, 15) is 8.42 Å². The summed E-state index contributed by atoms with van der Waals surface area (Å²) in [4.78, 5) is 6.64. The maximum absolute atomic E-state index is 12.0. The largest absolute Gasteiger partial charge is 0.392 e. The first-order valence-corrected chi connectivity index (χ1v) is 7.25. The number of aromatic amines is 1. The Balaban J connectivity index is 2.19. The Bertz CT molecular complexity index is 656. The molecule has 1 aromatic heterocycles. The van der Waals surface area contributed by atoms with E-state index in [1.807, 2.05) is 0 Å². The number of hydrogen-bond acceptors (Lipinski definition) is 4. The predicted octanol–water partition coefficient (Wildman–Crippen LogP) is 1.03. The van der Waals surface area contributed by atoms with Crippen LogP contribution in [0.25, 0.3) is 0 Å². The molecule has 0 aliphatic heterocycles. The topological polar surface area (TPSA) is 95.1 Å². The molecule has 2 aromatic rings. The van der Waals surface area contributed by atoms with Crippen molar-refractivity contribution in [2.24, 2.45) is 0 Å². The SMILES string of the molecule is O=S(=O)(NCc1cnc[nH]1)c1ccc(Cl)c(CO)c1. The van der Waals surface area contributed by atoms with Crippen molar-refractivity contribution in [1.29, 1.82) is 0 Å². The fraction of sp³-hybridized carbons (Fsp3) is 0.182. The number of aliphatic hydroxyl groups excluding tert-OH is 1. The second kappa shape index (κ2) is 5.70. The van der Waals surface area contributed by atoms with Crippen molar-refractivity contribution < 1.29 is 13.5 Å². The lowest BCUT2D eigenvalue weighted by Gasteiger charge is -2.08. The second-order valence-corrected chi connectivity index (χ2v) is 5.99. The van der Waals surface area contributed by atoms with E-state index < -0.39 is 10.0 Å². The number of halogens is 1. The van der Waals surface area contributed by atoms with E-state index in [0.29, 0.717) is 16.3 Å². The number of benzene rings is 1. The van der Waals surface area contributed by atoms with E-state index in [1.54, 1.807) is 0 Å². The van der Waals surface area contributed by atoms with Gasteiger partial charge in [0.1, 0.15) is 0 Å². The fourth-order valence-electron chi connectivity index (χ4n) is 1.48. The van der Waals surface area contributed by atoms with E-state index in [4.69, 9.17) is 16.7 Å². The van der Waals surface area contributed by atoms with Crippen molar-refractivity contribution in [2.75, 3.05) is 0 Å². The molecule has 0 amide bonds. The monoisotopic (exact) mass is 301 g/mol. The van der Waals surface area contributed by atoms with Crippen LogP contribution in [-0.4, -0.2) is 23.5 Å². The van der Waals surface area contributed by atoms with Crippen LogP contribution in [0, 0.1) is 0 Å². The van der Waals surface area contributed by atoms with Crippen LogP contribution in [0.15, 0.2) is 35.6 Å². The van der Waals surface area contributed by atoms with Gasteiger partial charge in [0, 0.05) is 16.9 Å². The molecule has 3 N–H and O–H groups in total. The van der Waals surface area contributed by atoms with E-state index in [0.717, 1.165) is 0 Å². The summed E-state index contributed by atoms with van der Waals surface area (Å²) >= 11 is 5.82. The van der Waals surface area contributed by atoms with Gasteiger partial charge in [0.25, 0.3) is 0 Å². The van der Waals surface area contributed by atoms with Crippen molar-refractivity contribution in [3.05, 3.63) is 47.0 Å². The van der Waals surface area contributed by atoms with Crippen molar-refractivity contribution >= 4 is 21.6 Å². The van der Waals surface area contributed by atoms with Gasteiger partial charge < -0.3 is 10.1 Å². The molecule has 102 valence electrons. The number of hydrogen-bond donors (Lipinski definition) is 3. The average molecular weight is 302 g/mol. The highest BCUT2D eigenvalue weighted by Crippen LogP contribution is 2.20. The molecule has 0 atom stereocenters. The third kappa shape index (κ3) is 3.32. The maximum atomic E-state index is 12.0. The molecule has 0 spiro atoms. The van der Waals surface area contributed by atoms with Gasteiger partial charge in [-0.15, -0.1) is 0 Å². The number of aromatic nitrogens is 2. The molecule has 0 bridgehead atoms. The third-order valence-corrected chi connectivity index (χ3v) is 4.27. The maximum Gasteiger partial charge on any atom is 0.240 e. The van der Waals surface area contributed by atoms with Crippen LogP contribution in [-0.2, 0) is 23.2 Å². The zero-order valence-electron chi connectivity index (χ0n) is 9.80. The molecule has 0 fully saturated rings. The molecule has 2 rings (SSSR count). The number of nitrogens with one attached hydrogen (secondary N) is 2. The molecule has 8 heteroatoms. The summed E-state index contributed by atoms with van der Waals surface area (Å²) in [6.45, 7) is -0.206. The number of nitrogens with zero attached hydrogens (tertiary/aromatic N) is 1. The van der Waals surface area contributed by atoms with Crippen LogP contribution in [0.4, 0.5) is 0 Å². The van der Waals surface area contributed by atoms with E-state index in [1.165, 1.54) is 30.7 Å². The first kappa shape index (κ1) is 14.0. The van der Waals surface area contributed by atoms with E-state index in [-0.39, 0.29) is 18.0 Å². The number of sulfonamides is 1. The zero-order valence-corrected chi connectivity index (χ0v) is 11.4. The minimum Gasteiger partial charge on any atom is -0.392 e. The quantitative estimate of drug-likeness (QED) is 0.769. The van der Waals surface area contributed by atoms with Crippen LogP contribution in [0.3, 0.4) is 0 Å². The molecular weight excluding hydrogens is 290 g/mol. The lowest BCUT2D eigenvalue weighted by atomic mass is 10.2. The van der Waals surface area contributed by atoms with Gasteiger partial charge in [-0.25, -0.2) is 18.1 Å². The van der Waals surface area contributed by atoms with Crippen LogP contribution < -0.4 is 4.72 Å². The third-order valence-electron chi connectivity index (χ3n) is 2.51. The molecule has 0 aliphatic rings. The van der Waals surface area contributed by atoms with E-state index in [2.05, 4.69) is 14.7 Å². The van der Waals surface area contributed by atoms with Gasteiger partial charge in [-0.2, -0.15) is 0 Å². The number of H-pyrrole nitrogens is 1. The highest BCUT2D eigenvalue weighted by Gasteiger charge is 2.15. The predicted molar refractivity (Wildman–Crippen MR) is 70.0 cm³/mol. The first-order chi connectivity index (χ1) is 9.03. The summed E-state index contributed by atoms with van der Waals surface area (Å²) in [5.74, 6) is 0. The van der Waals surface area contributed by atoms with Crippen LogP contribution in [0.1, 0.15) is 11.3 Å². The minimum atomic E-state index is -3.65. The Morgan fingerprint density at radius 1 is 1.42 bits per heavy atom. The highest BCUT2D eigenvalue weighted by molar-refractivity contribution is 7.89. The summed E-state index contributed by atoms with van der Waals surface area (Å²) in [6.07, 6.45) is 3.00. The number of rotatable bonds is 5. The molecular formula is C11H12ClN3O3S. The summed E-state index contributed by atoms with van der Waals surface area (Å²) < 4.78 is 26.5. The van der Waals surface area contributed by atoms with Gasteiger partial charge in [-0.05, 0) is 23.8 Å². The lowest BCUT2D eigenvalue weighted by molar-refractivity contribution is 0.281. The molecule has 6 nitrogen and oxygen atoms in total. The van der Waals surface area contributed by atoms with Crippen molar-refractivity contribution in [1.82, 2.24) is 14.7 Å². The summed E-state index contributed by atoms with van der Waals surface area (Å²) in [6, 6.07) is 4.17. The smallest absolute Gasteiger partial charge is 0.240 e. The molecule has 1 heterocycles. The normalized spacial score (nSPS) is 11.7. The van der Waals surface area contributed by atoms with Gasteiger partial charge in [0.15, 0.2) is 0 Å². The lowest BCUT2D eigenvalue weighted by Crippen LogP contribution is -2.23. The Kier molecular flexibility index (Phi) is 4.20. The van der Waals surface area contributed by atoms with Crippen molar-refractivity contribution in [3.63, 3.8) is 0 Å². The van der Waals surface area contributed by atoms with Crippen molar-refractivity contribution in [3.8, 4) is 0 Å². The van der Waals surface area contributed by atoms with Gasteiger partial charge in [-0.1, -0.05) is 11.6 Å². The molecule has 0 aliphatic carbocycles. The minimum absolute atomic E-state index is 0.0560. The molecule has 19 heavy (non-hydrogen) atoms. The second-order valence-electron chi connectivity index (χ2n) is 3.81. The highest BCUT2D eigenvalue weighted by atomic mass is 35.5. The Hall–Kier alpha value is -1.41. The average Bonchev–Trinajstić information content (AvgIpc) is 2.90. The Labute approximate surface area is 115 Å². The van der Waals surface area contributed by atoms with Crippen LogP contribution in [0.2, 0.25) is 5.02 Å². The molecule has 0 unspecified atom stereocenters. The molecule has 0 radical (unpaired) electrons. The van der Waals surface area contributed by atoms with Gasteiger partial charge in [0.2, 0.25) is 10.0 Å². The summed E-state index contributed by atoms with van der Waals surface area (Å²) in [5.41, 5.74) is 1.02. The van der Waals surface area contributed by atoms with Gasteiger partial charge >= 0.3 is 0 Å². The van der Waals surface area contributed by atoms with E-state index >= 15 is 0 Å². The summed E-state index contributed by atoms with van der Waals surface area (Å²) in [5, 5.41) is 9.40. The van der Waals surface area contributed by atoms with Gasteiger partial charge in [0.05, 0.1) is 24.4 Å². The van der Waals surface area contributed by atoms with Crippen LogP contribution in [0.5, 0.6) is 0 Å². The van der Waals surface area contributed by atoms with Crippen LogP contribution >= 0.6 is 11.6 Å². The fourth-order valence-corrected chi connectivity index (χ4v) is 2.71. The Morgan fingerprint density at radius 3 is 2.84 bits per heavy atom. The number of aliphatic hydroxyl groups is 1.